The molecular formula is C15H9FO2S2. The average Bonchev–Trinajstić information content (AvgIpc) is 2.87. The van der Waals surface area contributed by atoms with Gasteiger partial charge in [0.2, 0.25) is 0 Å². The highest BCUT2D eigenvalue weighted by Gasteiger charge is 2.11. The minimum Gasteiger partial charge on any atom is -0.477 e. The number of benzene rings is 2. The molecule has 0 saturated heterocycles. The number of aromatic carboxylic acids is 1. The van der Waals surface area contributed by atoms with Gasteiger partial charge in [-0.1, -0.05) is 17.8 Å². The molecule has 0 aliphatic heterocycles. The summed E-state index contributed by atoms with van der Waals surface area (Å²) >= 11 is 2.76. The lowest BCUT2D eigenvalue weighted by Crippen LogP contribution is -1.89. The molecule has 1 heterocycles. The van der Waals surface area contributed by atoms with Gasteiger partial charge >= 0.3 is 5.97 Å². The Balaban J connectivity index is 2.02. The van der Waals surface area contributed by atoms with E-state index < -0.39 is 5.97 Å². The fourth-order valence-electron chi connectivity index (χ4n) is 1.86. The molecule has 2 aromatic carbocycles. The first-order valence-electron chi connectivity index (χ1n) is 5.83. The van der Waals surface area contributed by atoms with Crippen molar-refractivity contribution in [3.8, 4) is 0 Å². The molecular weight excluding hydrogens is 295 g/mol. The summed E-state index contributed by atoms with van der Waals surface area (Å²) in [6, 6.07) is 13.7. The summed E-state index contributed by atoms with van der Waals surface area (Å²) in [4.78, 5) is 13.3. The summed E-state index contributed by atoms with van der Waals surface area (Å²) in [6.07, 6.45) is 0. The van der Waals surface area contributed by atoms with Gasteiger partial charge < -0.3 is 5.11 Å². The Bertz CT molecular complexity index is 778. The second-order valence-corrected chi connectivity index (χ2v) is 6.34. The third kappa shape index (κ3) is 2.55. The first-order valence-corrected chi connectivity index (χ1v) is 7.46. The van der Waals surface area contributed by atoms with E-state index in [-0.39, 0.29) is 5.82 Å². The number of thiophene rings is 1. The highest BCUT2D eigenvalue weighted by atomic mass is 32.2. The van der Waals surface area contributed by atoms with Crippen LogP contribution in [-0.4, -0.2) is 11.1 Å². The van der Waals surface area contributed by atoms with Gasteiger partial charge in [0.1, 0.15) is 10.7 Å². The predicted molar refractivity (Wildman–Crippen MR) is 79.3 cm³/mol. The monoisotopic (exact) mass is 304 g/mol. The van der Waals surface area contributed by atoms with E-state index in [0.29, 0.717) is 4.88 Å². The van der Waals surface area contributed by atoms with Gasteiger partial charge in [-0.05, 0) is 42.5 Å². The van der Waals surface area contributed by atoms with E-state index >= 15 is 0 Å². The molecule has 0 radical (unpaired) electrons. The Morgan fingerprint density at radius 3 is 2.60 bits per heavy atom. The van der Waals surface area contributed by atoms with Gasteiger partial charge in [0, 0.05) is 19.9 Å². The van der Waals surface area contributed by atoms with Crippen LogP contribution in [0, 0.1) is 5.82 Å². The van der Waals surface area contributed by atoms with Crippen LogP contribution in [0.4, 0.5) is 4.39 Å². The van der Waals surface area contributed by atoms with Crippen molar-refractivity contribution in [2.45, 2.75) is 9.79 Å². The van der Waals surface area contributed by atoms with E-state index in [1.165, 1.54) is 35.2 Å². The van der Waals surface area contributed by atoms with Crippen LogP contribution in [0.25, 0.3) is 10.1 Å². The lowest BCUT2D eigenvalue weighted by Gasteiger charge is -2.03. The van der Waals surface area contributed by atoms with E-state index in [1.807, 2.05) is 18.2 Å². The first kappa shape index (κ1) is 13.1. The number of hydrogen-bond donors (Lipinski definition) is 1. The highest BCUT2D eigenvalue weighted by molar-refractivity contribution is 7.99. The van der Waals surface area contributed by atoms with Crippen LogP contribution in [0.2, 0.25) is 0 Å². The van der Waals surface area contributed by atoms with Crippen molar-refractivity contribution >= 4 is 39.2 Å². The molecule has 3 aromatic rings. The summed E-state index contributed by atoms with van der Waals surface area (Å²) in [7, 11) is 0. The van der Waals surface area contributed by atoms with E-state index in [4.69, 9.17) is 5.11 Å². The molecule has 20 heavy (non-hydrogen) atoms. The van der Waals surface area contributed by atoms with Crippen LogP contribution in [0.3, 0.4) is 0 Å². The van der Waals surface area contributed by atoms with Crippen molar-refractivity contribution in [2.24, 2.45) is 0 Å². The van der Waals surface area contributed by atoms with Crippen molar-refractivity contribution in [1.82, 2.24) is 0 Å². The third-order valence-electron chi connectivity index (χ3n) is 2.77. The fourth-order valence-corrected chi connectivity index (χ4v) is 3.80. The van der Waals surface area contributed by atoms with Crippen LogP contribution in [0.5, 0.6) is 0 Å². The molecule has 5 heteroatoms. The van der Waals surface area contributed by atoms with Gasteiger partial charge in [-0.25, -0.2) is 9.18 Å². The minimum atomic E-state index is -0.913. The van der Waals surface area contributed by atoms with Crippen LogP contribution in [-0.2, 0) is 0 Å². The van der Waals surface area contributed by atoms with Gasteiger partial charge in [0.25, 0.3) is 0 Å². The maximum absolute atomic E-state index is 12.9. The number of carboxylic acids is 1. The standard InChI is InChI=1S/C15H9FO2S2/c16-9-4-6-10(7-5-9)19-12-2-1-3-13-11(12)8-14(20-13)15(17)18/h1-8H,(H,17,18). The maximum Gasteiger partial charge on any atom is 0.345 e. The topological polar surface area (TPSA) is 37.3 Å². The van der Waals surface area contributed by atoms with Crippen LogP contribution >= 0.6 is 23.1 Å². The Kier molecular flexibility index (Phi) is 3.46. The lowest BCUT2D eigenvalue weighted by atomic mass is 10.2. The molecule has 0 atom stereocenters. The van der Waals surface area contributed by atoms with Gasteiger partial charge in [-0.3, -0.25) is 0 Å². The van der Waals surface area contributed by atoms with Gasteiger partial charge in [0.05, 0.1) is 0 Å². The zero-order valence-corrected chi connectivity index (χ0v) is 11.8. The molecule has 0 spiro atoms. The van der Waals surface area contributed by atoms with E-state index in [1.54, 1.807) is 18.2 Å². The molecule has 1 aromatic heterocycles. The zero-order valence-electron chi connectivity index (χ0n) is 10.2. The van der Waals surface area contributed by atoms with Gasteiger partial charge in [0.15, 0.2) is 0 Å². The zero-order chi connectivity index (χ0) is 14.1. The minimum absolute atomic E-state index is 0.267. The van der Waals surface area contributed by atoms with Crippen molar-refractivity contribution in [3.05, 3.63) is 59.2 Å². The Labute approximate surface area is 122 Å². The largest absolute Gasteiger partial charge is 0.477 e. The average molecular weight is 304 g/mol. The Morgan fingerprint density at radius 1 is 1.15 bits per heavy atom. The van der Waals surface area contributed by atoms with E-state index in [9.17, 15) is 9.18 Å². The van der Waals surface area contributed by atoms with E-state index in [2.05, 4.69) is 0 Å². The van der Waals surface area contributed by atoms with Crippen LogP contribution < -0.4 is 0 Å². The molecule has 0 bridgehead atoms. The molecule has 1 N–H and O–H groups in total. The molecule has 0 fully saturated rings. The van der Waals surface area contributed by atoms with Crippen molar-refractivity contribution < 1.29 is 14.3 Å². The maximum atomic E-state index is 12.9. The molecule has 0 aliphatic rings. The smallest absolute Gasteiger partial charge is 0.345 e. The van der Waals surface area contributed by atoms with Gasteiger partial charge in [-0.2, -0.15) is 0 Å². The number of carboxylic acid groups (broad SMARTS) is 1. The molecule has 0 aliphatic carbocycles. The second kappa shape index (κ2) is 5.26. The molecule has 3 rings (SSSR count). The summed E-state index contributed by atoms with van der Waals surface area (Å²) in [5.41, 5.74) is 0. The van der Waals surface area contributed by atoms with Gasteiger partial charge in [-0.15, -0.1) is 11.3 Å². The second-order valence-electron chi connectivity index (χ2n) is 4.14. The number of fused-ring (bicyclic) bond motifs is 1. The summed E-state index contributed by atoms with van der Waals surface area (Å²) in [5.74, 6) is -1.18. The molecule has 0 amide bonds. The number of hydrogen-bond acceptors (Lipinski definition) is 3. The fraction of sp³-hybridized carbons (Fsp3) is 0. The first-order chi connectivity index (χ1) is 9.63. The molecule has 100 valence electrons. The normalized spacial score (nSPS) is 10.8. The Morgan fingerprint density at radius 2 is 1.90 bits per heavy atom. The van der Waals surface area contributed by atoms with Crippen molar-refractivity contribution in [2.75, 3.05) is 0 Å². The van der Waals surface area contributed by atoms with E-state index in [0.717, 1.165) is 19.9 Å². The highest BCUT2D eigenvalue weighted by Crippen LogP contribution is 2.37. The Hall–Kier alpha value is -1.85. The summed E-state index contributed by atoms with van der Waals surface area (Å²) in [5, 5.41) is 9.98. The lowest BCUT2D eigenvalue weighted by molar-refractivity contribution is 0.0702. The van der Waals surface area contributed by atoms with Crippen LogP contribution in [0.1, 0.15) is 9.67 Å². The molecule has 2 nitrogen and oxygen atoms in total. The number of halogens is 1. The van der Waals surface area contributed by atoms with Crippen LogP contribution in [0.15, 0.2) is 58.3 Å². The number of rotatable bonds is 3. The summed E-state index contributed by atoms with van der Waals surface area (Å²) in [6.45, 7) is 0. The van der Waals surface area contributed by atoms with Crippen molar-refractivity contribution in [3.63, 3.8) is 0 Å². The third-order valence-corrected chi connectivity index (χ3v) is 4.95. The summed E-state index contributed by atoms with van der Waals surface area (Å²) < 4.78 is 13.8. The quantitative estimate of drug-likeness (QED) is 0.748. The molecule has 0 unspecified atom stereocenters. The number of carbonyl (C=O) groups is 1. The van der Waals surface area contributed by atoms with Crippen molar-refractivity contribution in [1.29, 1.82) is 0 Å². The predicted octanol–water partition coefficient (Wildman–Crippen LogP) is 4.89. The SMILES string of the molecule is O=C(O)c1cc2c(Sc3ccc(F)cc3)cccc2s1. The molecule has 0 saturated carbocycles.